The zero-order valence-electron chi connectivity index (χ0n) is 16.8. The number of rotatable bonds is 5. The van der Waals surface area contributed by atoms with E-state index in [0.29, 0.717) is 6.20 Å². The first-order valence-electron chi connectivity index (χ1n) is 9.35. The van der Waals surface area contributed by atoms with Gasteiger partial charge in [0.25, 0.3) is 11.4 Å². The molecule has 0 radical (unpaired) electrons. The topological polar surface area (TPSA) is 166 Å². The number of nitrogens with one attached hydrogen (secondary N) is 1. The van der Waals surface area contributed by atoms with Gasteiger partial charge in [0, 0.05) is 11.8 Å². The molecule has 2 aliphatic heterocycles. The first-order chi connectivity index (χ1) is 15.4. The number of phosphoric ester groups is 1. The number of halogens is 2. The molecule has 2 aliphatic rings. The molecule has 15 heteroatoms. The number of aldehydes is 1. The predicted octanol–water partition coefficient (Wildman–Crippen LogP) is 0.138. The Morgan fingerprint density at radius 3 is 2.91 bits per heavy atom. The molecule has 1 fully saturated rings. The van der Waals surface area contributed by atoms with Crippen molar-refractivity contribution in [2.24, 2.45) is 0 Å². The molecule has 1 aromatic heterocycles. The van der Waals surface area contributed by atoms with E-state index in [4.69, 9.17) is 19.7 Å². The van der Waals surface area contributed by atoms with Crippen LogP contribution < -0.4 is 15.8 Å². The summed E-state index contributed by atoms with van der Waals surface area (Å²) in [6.07, 6.45) is -7.45. The second-order valence-corrected chi connectivity index (χ2v) is 8.38. The van der Waals surface area contributed by atoms with Crippen molar-refractivity contribution < 1.29 is 48.0 Å². The van der Waals surface area contributed by atoms with Crippen molar-refractivity contribution in [3.8, 4) is 5.75 Å². The van der Waals surface area contributed by atoms with Crippen LogP contribution >= 0.6 is 7.82 Å². The molecule has 0 spiro atoms. The van der Waals surface area contributed by atoms with E-state index in [1.165, 1.54) is 0 Å². The van der Waals surface area contributed by atoms with E-state index in [1.807, 2.05) is 0 Å². The largest absolute Gasteiger partial charge is 0.530 e. The Kier molecular flexibility index (Phi) is 5.28. The normalized spacial score (nSPS) is 34.4. The number of carbonyl (C=O) groups is 1. The fourth-order valence-corrected chi connectivity index (χ4v) is 4.21. The maximum Gasteiger partial charge on any atom is 0.530 e. The Balaban J connectivity index is 1.58. The van der Waals surface area contributed by atoms with Crippen LogP contribution in [0.1, 0.15) is 23.5 Å². The number of benzene rings is 1. The number of aromatic amines is 1. The van der Waals surface area contributed by atoms with Crippen LogP contribution in [0, 0.1) is 5.82 Å². The van der Waals surface area contributed by atoms with Crippen molar-refractivity contribution in [3.05, 3.63) is 62.2 Å². The van der Waals surface area contributed by atoms with Crippen molar-refractivity contribution in [2.45, 2.75) is 30.9 Å². The summed E-state index contributed by atoms with van der Waals surface area (Å²) in [5.74, 6) is -4.10. The summed E-state index contributed by atoms with van der Waals surface area (Å²) in [4.78, 5) is 36.3. The third kappa shape index (κ3) is 3.92. The number of aromatic nitrogens is 2. The van der Waals surface area contributed by atoms with Crippen LogP contribution in [0.15, 0.2) is 34.0 Å². The Hall–Kier alpha value is -2.74. The molecular formula is C17H15F2N2O10P. The highest BCUT2D eigenvalue weighted by atomic mass is 31.2. The van der Waals surface area contributed by atoms with Gasteiger partial charge in [-0.3, -0.25) is 28.2 Å². The quantitative estimate of drug-likeness (QED) is 0.398. The number of hydrogen-bond donors (Lipinski definition) is 3. The number of fused-ring (bicyclic) bond motifs is 1. The minimum atomic E-state index is -4.50. The van der Waals surface area contributed by atoms with Gasteiger partial charge < -0.3 is 19.5 Å². The number of nitrogens with zero attached hydrogens (tertiary/aromatic N) is 1. The van der Waals surface area contributed by atoms with Crippen LogP contribution in [0.2, 0.25) is 0 Å². The van der Waals surface area contributed by atoms with Gasteiger partial charge in [-0.1, -0.05) is 0 Å². The zero-order chi connectivity index (χ0) is 24.2. The van der Waals surface area contributed by atoms with E-state index in [0.717, 1.165) is 18.2 Å². The number of aliphatic hydroxyl groups is 2. The van der Waals surface area contributed by atoms with Crippen molar-refractivity contribution >= 4 is 14.1 Å². The summed E-state index contributed by atoms with van der Waals surface area (Å²) >= 11 is 0. The van der Waals surface area contributed by atoms with Gasteiger partial charge in [-0.15, -0.1) is 0 Å². The fraction of sp³-hybridized carbons (Fsp3) is 0.353. The molecule has 5 atom stereocenters. The Morgan fingerprint density at radius 2 is 2.19 bits per heavy atom. The van der Waals surface area contributed by atoms with Gasteiger partial charge in [0.15, 0.2) is 12.5 Å². The molecule has 32 heavy (non-hydrogen) atoms. The summed E-state index contributed by atoms with van der Waals surface area (Å²) in [7, 11) is -4.50. The second kappa shape index (κ2) is 7.99. The SMILES string of the molecule is [2H][C@@]1(n2cc(C=O)c(=O)[nH]c2=O)O[C@](F)(COP2(=O)OCc3cc(F)ccc3O2)[C@@H](O)[C@H]1O. The number of carbonyl (C=O) groups excluding carboxylic acids is 1. The molecule has 1 aromatic carbocycles. The molecule has 1 saturated heterocycles. The lowest BCUT2D eigenvalue weighted by molar-refractivity contribution is -0.205. The predicted molar refractivity (Wildman–Crippen MR) is 98.1 cm³/mol. The average molecular weight is 477 g/mol. The van der Waals surface area contributed by atoms with E-state index in [2.05, 4.69) is 0 Å². The first-order valence-corrected chi connectivity index (χ1v) is 10.3. The average Bonchev–Trinajstić information content (AvgIpc) is 2.94. The number of aliphatic hydroxyl groups excluding tert-OH is 2. The summed E-state index contributed by atoms with van der Waals surface area (Å²) in [6.45, 7) is -1.82. The monoisotopic (exact) mass is 477 g/mol. The first kappa shape index (κ1) is 21.1. The number of ether oxygens (including phenoxy) is 1. The molecular weight excluding hydrogens is 461 g/mol. The molecule has 0 aliphatic carbocycles. The fourth-order valence-electron chi connectivity index (χ4n) is 2.98. The molecule has 4 rings (SSSR count). The maximum absolute atomic E-state index is 15.4. The minimum Gasteiger partial charge on any atom is -0.404 e. The lowest BCUT2D eigenvalue weighted by Gasteiger charge is -2.28. The van der Waals surface area contributed by atoms with Crippen molar-refractivity contribution in [1.29, 1.82) is 0 Å². The number of alkyl halides is 1. The van der Waals surface area contributed by atoms with Gasteiger partial charge in [0.2, 0.25) is 0 Å². The summed E-state index contributed by atoms with van der Waals surface area (Å²) in [5, 5.41) is 20.4. The van der Waals surface area contributed by atoms with Gasteiger partial charge in [-0.05, 0) is 18.2 Å². The van der Waals surface area contributed by atoms with Crippen LogP contribution in [0.3, 0.4) is 0 Å². The lowest BCUT2D eigenvalue weighted by atomic mass is 10.1. The molecule has 2 aromatic rings. The third-order valence-corrected chi connectivity index (χ3v) is 5.94. The number of hydrogen-bond acceptors (Lipinski definition) is 10. The van der Waals surface area contributed by atoms with Gasteiger partial charge in [0.05, 0.1) is 13.5 Å². The number of H-pyrrole nitrogens is 1. The molecule has 1 unspecified atom stereocenters. The zero-order valence-corrected chi connectivity index (χ0v) is 16.7. The van der Waals surface area contributed by atoms with E-state index in [1.54, 1.807) is 4.98 Å². The third-order valence-electron chi connectivity index (χ3n) is 4.63. The Morgan fingerprint density at radius 1 is 1.44 bits per heavy atom. The smallest absolute Gasteiger partial charge is 0.404 e. The maximum atomic E-state index is 15.4. The lowest BCUT2D eigenvalue weighted by Crippen LogP contribution is -2.43. The summed E-state index contributed by atoms with van der Waals surface area (Å²) in [5.41, 5.74) is -2.92. The van der Waals surface area contributed by atoms with Gasteiger partial charge >= 0.3 is 13.5 Å². The highest BCUT2D eigenvalue weighted by Crippen LogP contribution is 2.55. The van der Waals surface area contributed by atoms with E-state index >= 15 is 4.39 Å². The van der Waals surface area contributed by atoms with Crippen LogP contribution in [0.25, 0.3) is 0 Å². The molecule has 172 valence electrons. The standard InChI is InChI=1S/C17H15F2N2O10P/c18-10-1-2-11-8(3-10)6-28-32(27,31-11)29-7-17(19)13(24)12(23)15(30-17)21-4-9(5-22)14(25)20-16(21)26/h1-5,12-13,15,23-24H,6-7H2,(H,20,25,26)/t12-,13+,15-,17-,32?/m1/s1/i15D. The van der Waals surface area contributed by atoms with E-state index in [9.17, 15) is 33.6 Å². The van der Waals surface area contributed by atoms with Crippen molar-refractivity contribution in [3.63, 3.8) is 0 Å². The molecule has 12 nitrogen and oxygen atoms in total. The van der Waals surface area contributed by atoms with E-state index in [-0.39, 0.29) is 22.2 Å². The summed E-state index contributed by atoms with van der Waals surface area (Å²) in [6, 6.07) is 3.20. The van der Waals surface area contributed by atoms with Crippen LogP contribution in [0.5, 0.6) is 5.75 Å². The minimum absolute atomic E-state index is 0.0365. The Labute approximate surface area is 177 Å². The van der Waals surface area contributed by atoms with Crippen LogP contribution in [-0.4, -0.2) is 50.7 Å². The number of phosphoric acid groups is 1. The van der Waals surface area contributed by atoms with Gasteiger partial charge in [-0.25, -0.2) is 18.1 Å². The molecule has 0 amide bonds. The molecule has 3 heterocycles. The Bertz CT molecular complexity index is 1290. The molecule has 0 bridgehead atoms. The van der Waals surface area contributed by atoms with Gasteiger partial charge in [0.1, 0.15) is 30.4 Å². The highest BCUT2D eigenvalue weighted by molar-refractivity contribution is 7.49. The van der Waals surface area contributed by atoms with Crippen LogP contribution in [0.4, 0.5) is 8.78 Å². The highest BCUT2D eigenvalue weighted by Gasteiger charge is 2.57. The van der Waals surface area contributed by atoms with Crippen molar-refractivity contribution in [1.82, 2.24) is 9.55 Å². The van der Waals surface area contributed by atoms with Crippen LogP contribution in [-0.2, 0) is 25.0 Å². The molecule has 3 N–H and O–H groups in total. The van der Waals surface area contributed by atoms with Gasteiger partial charge in [-0.2, -0.15) is 0 Å². The second-order valence-electron chi connectivity index (χ2n) is 6.79. The van der Waals surface area contributed by atoms with Crippen molar-refractivity contribution in [2.75, 3.05) is 6.61 Å². The summed E-state index contributed by atoms with van der Waals surface area (Å²) < 4.78 is 69.3. The van der Waals surface area contributed by atoms with E-state index < -0.39 is 67.9 Å². The molecule has 0 saturated carbocycles.